The van der Waals surface area contributed by atoms with Crippen molar-refractivity contribution in [3.8, 4) is 0 Å². The number of nitrogens with one attached hydrogen (secondary N) is 1. The molecule has 0 bridgehead atoms. The van der Waals surface area contributed by atoms with Gasteiger partial charge in [0.05, 0.1) is 11.0 Å². The van der Waals surface area contributed by atoms with E-state index in [1.807, 2.05) is 26.8 Å². The minimum atomic E-state index is -3.48. The molecule has 0 heterocycles. The molecule has 2 N–H and O–H groups in total. The Morgan fingerprint density at radius 3 is 2.58 bits per heavy atom. The first-order chi connectivity index (χ1) is 8.86. The summed E-state index contributed by atoms with van der Waals surface area (Å²) in [6.45, 7) is 6.17. The molecule has 19 heavy (non-hydrogen) atoms. The first-order valence-corrected chi connectivity index (χ1v) is 8.12. The van der Waals surface area contributed by atoms with Crippen molar-refractivity contribution < 1.29 is 13.5 Å². The summed E-state index contributed by atoms with van der Waals surface area (Å²) in [6.07, 6.45) is 0.606. The van der Waals surface area contributed by atoms with E-state index in [0.29, 0.717) is 12.8 Å². The highest BCUT2D eigenvalue weighted by molar-refractivity contribution is 7.89. The SMILES string of the molecule is CCC(O)CCNS(=O)(=O)c1cccc(C(C)C)c1. The molecule has 4 nitrogen and oxygen atoms in total. The van der Waals surface area contributed by atoms with Crippen LogP contribution in [0.1, 0.15) is 45.1 Å². The molecule has 0 aliphatic carbocycles. The fourth-order valence-corrected chi connectivity index (χ4v) is 2.79. The van der Waals surface area contributed by atoms with Gasteiger partial charge in [-0.3, -0.25) is 0 Å². The van der Waals surface area contributed by atoms with Crippen molar-refractivity contribution in [2.24, 2.45) is 0 Å². The smallest absolute Gasteiger partial charge is 0.240 e. The molecule has 0 amide bonds. The molecule has 0 aromatic heterocycles. The minimum absolute atomic E-state index is 0.253. The molecule has 1 atom stereocenters. The van der Waals surface area contributed by atoms with E-state index in [-0.39, 0.29) is 17.4 Å². The van der Waals surface area contributed by atoms with E-state index in [9.17, 15) is 13.5 Å². The van der Waals surface area contributed by atoms with Crippen LogP contribution in [0.2, 0.25) is 0 Å². The Morgan fingerprint density at radius 1 is 1.32 bits per heavy atom. The van der Waals surface area contributed by atoms with Crippen LogP contribution in [0, 0.1) is 0 Å². The second-order valence-corrected chi connectivity index (χ2v) is 6.74. The van der Waals surface area contributed by atoms with Gasteiger partial charge in [-0.15, -0.1) is 0 Å². The monoisotopic (exact) mass is 285 g/mol. The molecule has 1 rings (SSSR count). The van der Waals surface area contributed by atoms with Crippen molar-refractivity contribution in [2.75, 3.05) is 6.54 Å². The molecule has 0 aliphatic rings. The van der Waals surface area contributed by atoms with E-state index in [4.69, 9.17) is 0 Å². The van der Waals surface area contributed by atoms with E-state index in [2.05, 4.69) is 4.72 Å². The van der Waals surface area contributed by atoms with Crippen LogP contribution in [0.25, 0.3) is 0 Å². The summed E-state index contributed by atoms with van der Waals surface area (Å²) in [5.41, 5.74) is 0.997. The molecule has 0 radical (unpaired) electrons. The van der Waals surface area contributed by atoms with Gasteiger partial charge in [0.2, 0.25) is 10.0 Å². The maximum atomic E-state index is 12.1. The number of sulfonamides is 1. The van der Waals surface area contributed by atoms with Gasteiger partial charge in [0.1, 0.15) is 0 Å². The highest BCUT2D eigenvalue weighted by Gasteiger charge is 2.15. The van der Waals surface area contributed by atoms with Crippen molar-refractivity contribution in [3.63, 3.8) is 0 Å². The van der Waals surface area contributed by atoms with E-state index in [1.165, 1.54) is 0 Å². The van der Waals surface area contributed by atoms with Crippen LogP contribution >= 0.6 is 0 Å². The molecule has 1 aromatic carbocycles. The molecule has 5 heteroatoms. The normalized spacial score (nSPS) is 13.7. The van der Waals surface area contributed by atoms with Gasteiger partial charge in [-0.25, -0.2) is 13.1 Å². The van der Waals surface area contributed by atoms with Crippen LogP contribution in [0.3, 0.4) is 0 Å². The minimum Gasteiger partial charge on any atom is -0.393 e. The quantitative estimate of drug-likeness (QED) is 0.807. The van der Waals surface area contributed by atoms with Gasteiger partial charge in [0, 0.05) is 6.54 Å². The lowest BCUT2D eigenvalue weighted by molar-refractivity contribution is 0.162. The van der Waals surface area contributed by atoms with Gasteiger partial charge in [-0.2, -0.15) is 0 Å². The number of hydrogen-bond acceptors (Lipinski definition) is 3. The second kappa shape index (κ2) is 7.03. The van der Waals surface area contributed by atoms with Crippen LogP contribution < -0.4 is 4.72 Å². The zero-order chi connectivity index (χ0) is 14.5. The lowest BCUT2D eigenvalue weighted by Crippen LogP contribution is -2.27. The lowest BCUT2D eigenvalue weighted by atomic mass is 10.0. The predicted molar refractivity (Wildman–Crippen MR) is 76.6 cm³/mol. The Labute approximate surface area is 115 Å². The van der Waals surface area contributed by atoms with Crippen LogP contribution in [-0.2, 0) is 10.0 Å². The van der Waals surface area contributed by atoms with Gasteiger partial charge in [0.25, 0.3) is 0 Å². The van der Waals surface area contributed by atoms with Crippen molar-refractivity contribution in [1.29, 1.82) is 0 Å². The molecule has 1 unspecified atom stereocenters. The molecule has 0 fully saturated rings. The Bertz CT molecular complexity index is 497. The highest BCUT2D eigenvalue weighted by atomic mass is 32.2. The number of aliphatic hydroxyl groups is 1. The Balaban J connectivity index is 2.74. The van der Waals surface area contributed by atoms with Gasteiger partial charge in [0.15, 0.2) is 0 Å². The summed E-state index contributed by atoms with van der Waals surface area (Å²) in [5, 5.41) is 9.41. The predicted octanol–water partition coefficient (Wildman–Crippen LogP) is 2.25. The van der Waals surface area contributed by atoms with E-state index >= 15 is 0 Å². The molecule has 1 aromatic rings. The molecular formula is C14H23NO3S. The van der Waals surface area contributed by atoms with E-state index < -0.39 is 16.1 Å². The third-order valence-electron chi connectivity index (χ3n) is 3.08. The fourth-order valence-electron chi connectivity index (χ4n) is 1.69. The summed E-state index contributed by atoms with van der Waals surface area (Å²) in [4.78, 5) is 0.282. The maximum Gasteiger partial charge on any atom is 0.240 e. The zero-order valence-corrected chi connectivity index (χ0v) is 12.6. The van der Waals surface area contributed by atoms with Crippen LogP contribution in [0.15, 0.2) is 29.2 Å². The van der Waals surface area contributed by atoms with E-state index in [1.54, 1.807) is 18.2 Å². The van der Waals surface area contributed by atoms with Crippen LogP contribution in [0.4, 0.5) is 0 Å². The third-order valence-corrected chi connectivity index (χ3v) is 4.53. The topological polar surface area (TPSA) is 66.4 Å². The first kappa shape index (κ1) is 16.1. The van der Waals surface area contributed by atoms with Gasteiger partial charge in [-0.05, 0) is 36.5 Å². The van der Waals surface area contributed by atoms with Gasteiger partial charge in [-0.1, -0.05) is 32.9 Å². The van der Waals surface area contributed by atoms with Crippen molar-refractivity contribution >= 4 is 10.0 Å². The molecular weight excluding hydrogens is 262 g/mol. The van der Waals surface area contributed by atoms with Crippen molar-refractivity contribution in [3.05, 3.63) is 29.8 Å². The Morgan fingerprint density at radius 2 is 2.00 bits per heavy atom. The lowest BCUT2D eigenvalue weighted by Gasteiger charge is -2.11. The largest absolute Gasteiger partial charge is 0.393 e. The second-order valence-electron chi connectivity index (χ2n) is 4.98. The van der Waals surface area contributed by atoms with Crippen molar-refractivity contribution in [1.82, 2.24) is 4.72 Å². The van der Waals surface area contributed by atoms with Crippen LogP contribution in [-0.4, -0.2) is 26.2 Å². The van der Waals surface area contributed by atoms with Crippen LogP contribution in [0.5, 0.6) is 0 Å². The Kier molecular flexibility index (Phi) is 5.97. The number of aliphatic hydroxyl groups excluding tert-OH is 1. The Hall–Kier alpha value is -0.910. The third kappa shape index (κ3) is 4.93. The number of benzene rings is 1. The van der Waals surface area contributed by atoms with Gasteiger partial charge >= 0.3 is 0 Å². The van der Waals surface area contributed by atoms with Gasteiger partial charge < -0.3 is 5.11 Å². The molecule has 0 saturated heterocycles. The summed E-state index contributed by atoms with van der Waals surface area (Å²) in [7, 11) is -3.48. The molecule has 108 valence electrons. The number of rotatable bonds is 7. The van der Waals surface area contributed by atoms with Crippen molar-refractivity contribution in [2.45, 2.75) is 50.5 Å². The average Bonchev–Trinajstić information content (AvgIpc) is 2.38. The first-order valence-electron chi connectivity index (χ1n) is 6.64. The molecule has 0 saturated carbocycles. The highest BCUT2D eigenvalue weighted by Crippen LogP contribution is 2.18. The summed E-state index contributed by atoms with van der Waals surface area (Å²) in [6, 6.07) is 6.96. The summed E-state index contributed by atoms with van der Waals surface area (Å²) < 4.78 is 26.7. The maximum absolute atomic E-state index is 12.1. The molecule has 0 aliphatic heterocycles. The molecule has 0 spiro atoms. The average molecular weight is 285 g/mol. The summed E-state index contributed by atoms with van der Waals surface area (Å²) in [5.74, 6) is 0.289. The summed E-state index contributed by atoms with van der Waals surface area (Å²) >= 11 is 0. The fraction of sp³-hybridized carbons (Fsp3) is 0.571. The standard InChI is InChI=1S/C14H23NO3S/c1-4-13(16)8-9-15-19(17,18)14-7-5-6-12(10-14)11(2)3/h5-7,10-11,13,15-16H,4,8-9H2,1-3H3. The van der Waals surface area contributed by atoms with E-state index in [0.717, 1.165) is 5.56 Å². The zero-order valence-electron chi connectivity index (χ0n) is 11.8. The number of hydrogen-bond donors (Lipinski definition) is 2.